The van der Waals surface area contributed by atoms with E-state index in [0.29, 0.717) is 5.75 Å². The largest absolute Gasteiger partial charge is 0.279 e. The number of nitrogens with zero attached hydrogens (tertiary/aromatic N) is 1. The minimum absolute atomic E-state index is 0.181. The monoisotopic (exact) mass is 200 g/mol. The van der Waals surface area contributed by atoms with Crippen LogP contribution >= 0.6 is 11.8 Å². The van der Waals surface area contributed by atoms with Crippen molar-refractivity contribution in [2.45, 2.75) is 37.0 Å². The number of nitrogens with one attached hydrogen (secondary N) is 1. The van der Waals surface area contributed by atoms with Gasteiger partial charge >= 0.3 is 0 Å². The molecule has 0 aromatic carbocycles. The molecule has 0 unspecified atom stereocenters. The second kappa shape index (κ2) is 3.50. The quantitative estimate of drug-likeness (QED) is 0.641. The number of hydrogen-bond acceptors (Lipinski definition) is 3. The van der Waals surface area contributed by atoms with Crippen molar-refractivity contribution < 1.29 is 4.79 Å². The lowest BCUT2D eigenvalue weighted by Crippen LogP contribution is -2.58. The zero-order valence-corrected chi connectivity index (χ0v) is 8.82. The summed E-state index contributed by atoms with van der Waals surface area (Å²) in [5.41, 5.74) is 3.33. The molecule has 13 heavy (non-hydrogen) atoms. The Balaban J connectivity index is 2.02. The fourth-order valence-corrected chi connectivity index (χ4v) is 3.45. The Kier molecular flexibility index (Phi) is 2.51. The molecule has 1 spiro atoms. The standard InChI is InChI=1S/C9H16N2OS/c1-11-8(12)7-13-9(10-11)5-3-2-4-6-9/h10H,2-7H2,1H3. The van der Waals surface area contributed by atoms with Gasteiger partial charge in [0.15, 0.2) is 0 Å². The summed E-state index contributed by atoms with van der Waals surface area (Å²) in [6.07, 6.45) is 6.34. The van der Waals surface area contributed by atoms with Crippen LogP contribution in [0.25, 0.3) is 0 Å². The van der Waals surface area contributed by atoms with Crippen molar-refractivity contribution in [2.75, 3.05) is 12.8 Å². The van der Waals surface area contributed by atoms with Crippen LogP contribution in [0.2, 0.25) is 0 Å². The van der Waals surface area contributed by atoms with Crippen LogP contribution in [0.1, 0.15) is 32.1 Å². The highest BCUT2D eigenvalue weighted by Crippen LogP contribution is 2.39. The molecule has 74 valence electrons. The average Bonchev–Trinajstić information content (AvgIpc) is 2.14. The molecule has 1 saturated carbocycles. The van der Waals surface area contributed by atoms with Gasteiger partial charge < -0.3 is 0 Å². The number of amides is 1. The molecule has 0 aromatic heterocycles. The van der Waals surface area contributed by atoms with Gasteiger partial charge in [-0.15, -0.1) is 11.8 Å². The van der Waals surface area contributed by atoms with E-state index in [1.807, 2.05) is 7.05 Å². The van der Waals surface area contributed by atoms with Crippen LogP contribution in [0.4, 0.5) is 0 Å². The van der Waals surface area contributed by atoms with Crippen molar-refractivity contribution in [1.29, 1.82) is 0 Å². The molecular formula is C9H16N2OS. The van der Waals surface area contributed by atoms with Crippen molar-refractivity contribution in [3.63, 3.8) is 0 Å². The normalized spacial score (nSPS) is 28.1. The lowest BCUT2D eigenvalue weighted by molar-refractivity contribution is -0.132. The summed E-state index contributed by atoms with van der Waals surface area (Å²) in [5, 5.41) is 1.67. The van der Waals surface area contributed by atoms with E-state index < -0.39 is 0 Å². The molecule has 3 nitrogen and oxygen atoms in total. The van der Waals surface area contributed by atoms with Crippen LogP contribution in [0.15, 0.2) is 0 Å². The molecule has 1 amide bonds. The highest BCUT2D eigenvalue weighted by molar-refractivity contribution is 8.01. The van der Waals surface area contributed by atoms with Gasteiger partial charge in [-0.25, -0.2) is 5.43 Å². The molecular weight excluding hydrogens is 184 g/mol. The highest BCUT2D eigenvalue weighted by atomic mass is 32.2. The molecule has 0 atom stereocenters. The minimum Gasteiger partial charge on any atom is -0.279 e. The Morgan fingerprint density at radius 1 is 1.38 bits per heavy atom. The zero-order chi connectivity index (χ0) is 9.31. The second-order valence-electron chi connectivity index (χ2n) is 3.91. The first-order chi connectivity index (χ1) is 6.22. The molecule has 0 bridgehead atoms. The van der Waals surface area contributed by atoms with Gasteiger partial charge in [0.2, 0.25) is 5.91 Å². The van der Waals surface area contributed by atoms with Crippen molar-refractivity contribution in [2.24, 2.45) is 0 Å². The molecule has 0 radical (unpaired) electrons. The van der Waals surface area contributed by atoms with Crippen molar-refractivity contribution >= 4 is 17.7 Å². The maximum Gasteiger partial charge on any atom is 0.246 e. The van der Waals surface area contributed by atoms with Gasteiger partial charge in [-0.05, 0) is 12.8 Å². The van der Waals surface area contributed by atoms with E-state index in [9.17, 15) is 4.79 Å². The van der Waals surface area contributed by atoms with Gasteiger partial charge in [0.05, 0.1) is 10.6 Å². The predicted molar refractivity (Wildman–Crippen MR) is 54.2 cm³/mol. The summed E-state index contributed by atoms with van der Waals surface area (Å²) >= 11 is 1.80. The number of carbonyl (C=O) groups is 1. The van der Waals surface area contributed by atoms with Gasteiger partial charge in [-0.3, -0.25) is 9.80 Å². The number of hydrogen-bond donors (Lipinski definition) is 1. The summed E-state index contributed by atoms with van der Waals surface area (Å²) in [7, 11) is 1.83. The Bertz CT molecular complexity index is 214. The first-order valence-electron chi connectivity index (χ1n) is 4.90. The molecule has 1 aliphatic heterocycles. The molecule has 1 aliphatic carbocycles. The Hall–Kier alpha value is -0.220. The van der Waals surface area contributed by atoms with E-state index in [4.69, 9.17) is 0 Å². The number of hydrazine groups is 1. The maximum absolute atomic E-state index is 11.3. The molecule has 2 fully saturated rings. The second-order valence-corrected chi connectivity index (χ2v) is 5.27. The van der Waals surface area contributed by atoms with Crippen LogP contribution in [0.5, 0.6) is 0 Å². The Morgan fingerprint density at radius 3 is 2.69 bits per heavy atom. The molecule has 2 rings (SSSR count). The topological polar surface area (TPSA) is 32.3 Å². The molecule has 1 saturated heterocycles. The molecule has 0 aromatic rings. The summed E-state index contributed by atoms with van der Waals surface area (Å²) in [6, 6.07) is 0. The first-order valence-corrected chi connectivity index (χ1v) is 5.89. The minimum atomic E-state index is 0.181. The van der Waals surface area contributed by atoms with E-state index in [2.05, 4.69) is 5.43 Å². The summed E-state index contributed by atoms with van der Waals surface area (Å²) in [4.78, 5) is 11.4. The van der Waals surface area contributed by atoms with Gasteiger partial charge in [-0.2, -0.15) is 0 Å². The van der Waals surface area contributed by atoms with Gasteiger partial charge in [0.1, 0.15) is 0 Å². The van der Waals surface area contributed by atoms with E-state index in [1.165, 1.54) is 32.1 Å². The SMILES string of the molecule is CN1NC2(CCCCC2)SCC1=O. The third-order valence-corrected chi connectivity index (χ3v) is 4.32. The van der Waals surface area contributed by atoms with Gasteiger partial charge in [0, 0.05) is 7.05 Å². The van der Waals surface area contributed by atoms with Gasteiger partial charge in [-0.1, -0.05) is 19.3 Å². The summed E-state index contributed by atoms with van der Waals surface area (Å²) in [5.74, 6) is 0.838. The van der Waals surface area contributed by atoms with Gasteiger partial charge in [0.25, 0.3) is 0 Å². The third-order valence-electron chi connectivity index (χ3n) is 2.88. The lowest BCUT2D eigenvalue weighted by Gasteiger charge is -2.43. The van der Waals surface area contributed by atoms with E-state index in [0.717, 1.165) is 0 Å². The third kappa shape index (κ3) is 1.83. The number of carbonyl (C=O) groups excluding carboxylic acids is 1. The predicted octanol–water partition coefficient (Wildman–Crippen LogP) is 1.36. The van der Waals surface area contributed by atoms with Crippen LogP contribution in [0, 0.1) is 0 Å². The molecule has 2 aliphatic rings. The Morgan fingerprint density at radius 2 is 2.08 bits per heavy atom. The smallest absolute Gasteiger partial charge is 0.246 e. The molecule has 1 heterocycles. The van der Waals surface area contributed by atoms with Crippen LogP contribution < -0.4 is 5.43 Å². The molecule has 4 heteroatoms. The maximum atomic E-state index is 11.3. The zero-order valence-electron chi connectivity index (χ0n) is 8.01. The number of rotatable bonds is 0. The fraction of sp³-hybridized carbons (Fsp3) is 0.889. The number of thioether (sulfide) groups is 1. The first kappa shape index (κ1) is 9.34. The van der Waals surface area contributed by atoms with Crippen molar-refractivity contribution in [1.82, 2.24) is 10.4 Å². The van der Waals surface area contributed by atoms with Crippen LogP contribution in [-0.2, 0) is 4.79 Å². The Labute approximate surface area is 83.2 Å². The highest BCUT2D eigenvalue weighted by Gasteiger charge is 2.38. The van der Waals surface area contributed by atoms with E-state index >= 15 is 0 Å². The molecule has 1 N–H and O–H groups in total. The van der Waals surface area contributed by atoms with Crippen molar-refractivity contribution in [3.8, 4) is 0 Å². The van der Waals surface area contributed by atoms with E-state index in [-0.39, 0.29) is 10.8 Å². The van der Waals surface area contributed by atoms with E-state index in [1.54, 1.807) is 16.8 Å². The fourth-order valence-electron chi connectivity index (χ4n) is 2.08. The van der Waals surface area contributed by atoms with Crippen LogP contribution in [-0.4, -0.2) is 28.6 Å². The lowest BCUT2D eigenvalue weighted by atomic mass is 9.95. The van der Waals surface area contributed by atoms with Crippen LogP contribution in [0.3, 0.4) is 0 Å². The summed E-state index contributed by atoms with van der Waals surface area (Å²) in [6.45, 7) is 0. The summed E-state index contributed by atoms with van der Waals surface area (Å²) < 4.78 is 0. The van der Waals surface area contributed by atoms with Crippen molar-refractivity contribution in [3.05, 3.63) is 0 Å². The average molecular weight is 200 g/mol.